The molecule has 12 heteroatoms. The van der Waals surface area contributed by atoms with Crippen LogP contribution in [0.25, 0.3) is 0 Å². The molecule has 0 saturated carbocycles. The lowest BCUT2D eigenvalue weighted by Crippen LogP contribution is -2.67. The molecule has 0 aromatic heterocycles. The molecule has 0 aromatic carbocycles. The van der Waals surface area contributed by atoms with Gasteiger partial charge in [0.15, 0.2) is 0 Å². The Morgan fingerprint density at radius 1 is 0.731 bits per heavy atom. The zero-order chi connectivity index (χ0) is 19.5. The van der Waals surface area contributed by atoms with Gasteiger partial charge in [-0.2, -0.15) is 0 Å². The van der Waals surface area contributed by atoms with Gasteiger partial charge in [-0.1, -0.05) is 0 Å². The first kappa shape index (κ1) is 19.7. The number of amides is 2. The van der Waals surface area contributed by atoms with Crippen LogP contribution in [-0.2, 0) is 9.59 Å². The van der Waals surface area contributed by atoms with E-state index in [1.54, 1.807) is 0 Å². The van der Waals surface area contributed by atoms with Crippen molar-refractivity contribution in [3.63, 3.8) is 0 Å². The summed E-state index contributed by atoms with van der Waals surface area (Å²) in [6.07, 6.45) is -2.11. The van der Waals surface area contributed by atoms with Crippen LogP contribution >= 0.6 is 0 Å². The summed E-state index contributed by atoms with van der Waals surface area (Å²) in [5.41, 5.74) is 0. The third kappa shape index (κ3) is 3.24. The van der Waals surface area contributed by atoms with Crippen LogP contribution in [0.15, 0.2) is 10.4 Å². The molecule has 0 spiro atoms. The van der Waals surface area contributed by atoms with Gasteiger partial charge in [-0.3, -0.25) is 0 Å². The number of carbonyl (C=O) groups is 4. The molecule has 0 aromatic rings. The molecule has 2 aliphatic rings. The van der Waals surface area contributed by atoms with E-state index in [2.05, 4.69) is 10.4 Å². The fraction of sp³-hybridized carbons (Fsp3) is 0.714. The molecule has 0 bridgehead atoms. The van der Waals surface area contributed by atoms with Crippen LogP contribution < -0.4 is 10.2 Å². The maximum atomic E-state index is 11.7. The highest BCUT2D eigenvalue weighted by molar-refractivity contribution is 5.75. The quantitative estimate of drug-likeness (QED) is 0.459. The minimum Gasteiger partial charge on any atom is -0.496 e. The molecule has 2 amide bonds. The lowest BCUT2D eigenvalue weighted by Gasteiger charge is -2.40. The van der Waals surface area contributed by atoms with Gasteiger partial charge in [-0.05, 0) is 25.7 Å². The average molecular weight is 372 g/mol. The number of carboxylic acid groups (broad SMARTS) is 4. The Hall–Kier alpha value is -2.60. The van der Waals surface area contributed by atoms with Gasteiger partial charge >= 0.3 is 11.9 Å². The highest BCUT2D eigenvalue weighted by atomic mass is 16.4. The number of carbonyl (C=O) groups excluding carboxylic acids is 2. The van der Waals surface area contributed by atoms with Crippen LogP contribution in [0.1, 0.15) is 38.5 Å². The van der Waals surface area contributed by atoms with E-state index in [4.69, 9.17) is 0 Å². The number of nitrogens with zero attached hydrogens (tertiary/aromatic N) is 4. The van der Waals surface area contributed by atoms with Crippen molar-refractivity contribution in [1.82, 2.24) is 0 Å². The molecule has 2 rings (SSSR count). The number of likely N-dealkylation sites (tertiary alicyclic amines) is 2. The summed E-state index contributed by atoms with van der Waals surface area (Å²) in [6.45, 7) is -0.485. The van der Waals surface area contributed by atoms with Crippen molar-refractivity contribution < 1.29 is 48.8 Å². The third-order valence-electron chi connectivity index (χ3n) is 5.05. The largest absolute Gasteiger partial charge is 0.496 e. The standard InChI is InChI=1S/C14H20N4O8/c19-11(20)9-5-1-3-7-17(9,13(23)24)15-16-18(14(25)26)8-4-2-6-10(18)12(21)22/h9-10H,1-8H2,(H2-2,19,20,21,22,23,24,25,26). The summed E-state index contributed by atoms with van der Waals surface area (Å²) < 4.78 is -2.84. The molecule has 2 fully saturated rings. The summed E-state index contributed by atoms with van der Waals surface area (Å²) >= 11 is 0. The molecule has 26 heavy (non-hydrogen) atoms. The number of hydrogen-bond donors (Lipinski definition) is 2. The van der Waals surface area contributed by atoms with E-state index in [1.165, 1.54) is 0 Å². The number of rotatable bonds is 4. The van der Waals surface area contributed by atoms with Gasteiger partial charge in [-0.15, -0.1) is 9.18 Å². The summed E-state index contributed by atoms with van der Waals surface area (Å²) in [5.74, 6) is -2.86. The lowest BCUT2D eigenvalue weighted by molar-refractivity contribution is -0.951. The van der Waals surface area contributed by atoms with Crippen LogP contribution in [0.3, 0.4) is 0 Å². The zero-order valence-electron chi connectivity index (χ0n) is 13.9. The first-order valence-corrected chi connectivity index (χ1v) is 8.26. The molecule has 4 unspecified atom stereocenters. The highest BCUT2D eigenvalue weighted by Gasteiger charge is 2.52. The van der Waals surface area contributed by atoms with Gasteiger partial charge in [-0.25, -0.2) is 9.59 Å². The van der Waals surface area contributed by atoms with Crippen molar-refractivity contribution in [3.8, 4) is 0 Å². The van der Waals surface area contributed by atoms with Gasteiger partial charge < -0.3 is 30.0 Å². The van der Waals surface area contributed by atoms with E-state index in [9.17, 15) is 39.6 Å². The molecule has 4 atom stereocenters. The zero-order valence-corrected chi connectivity index (χ0v) is 13.9. The summed E-state index contributed by atoms with van der Waals surface area (Å²) in [6, 6.07) is -2.99. The highest BCUT2D eigenvalue weighted by Crippen LogP contribution is 2.31. The first-order valence-electron chi connectivity index (χ1n) is 8.26. The summed E-state index contributed by atoms with van der Waals surface area (Å²) in [5, 5.41) is 49.2. The number of carboxylic acids is 2. The minimum atomic E-state index is -1.83. The second-order valence-corrected chi connectivity index (χ2v) is 6.51. The normalized spacial score (nSPS) is 35.1. The summed E-state index contributed by atoms with van der Waals surface area (Å²) in [4.78, 5) is 46.4. The van der Waals surface area contributed by atoms with E-state index >= 15 is 0 Å². The molecule has 2 saturated heterocycles. The monoisotopic (exact) mass is 372 g/mol. The van der Waals surface area contributed by atoms with Crippen molar-refractivity contribution >= 4 is 24.1 Å². The van der Waals surface area contributed by atoms with Crippen LogP contribution in [0.2, 0.25) is 0 Å². The Balaban J connectivity index is 2.52. The molecule has 0 aliphatic carbocycles. The molecule has 0 radical (unpaired) electrons. The molecule has 144 valence electrons. The van der Waals surface area contributed by atoms with Gasteiger partial charge in [0, 0.05) is 12.8 Å². The van der Waals surface area contributed by atoms with E-state index < -0.39 is 45.4 Å². The number of hydrogen-bond acceptors (Lipinski definition) is 8. The second-order valence-electron chi connectivity index (χ2n) is 6.51. The van der Waals surface area contributed by atoms with Gasteiger partial charge in [0.2, 0.25) is 12.1 Å². The Bertz CT molecular complexity index is 599. The van der Waals surface area contributed by atoms with Crippen LogP contribution in [0, 0.1) is 0 Å². The smallest absolute Gasteiger partial charge is 0.365 e. The van der Waals surface area contributed by atoms with E-state index in [-0.39, 0.29) is 25.9 Å². The number of piperidine rings is 2. The molecule has 2 aliphatic heterocycles. The average Bonchev–Trinajstić information content (AvgIpc) is 2.59. The second kappa shape index (κ2) is 7.33. The van der Waals surface area contributed by atoms with Crippen molar-refractivity contribution in [1.29, 1.82) is 0 Å². The van der Waals surface area contributed by atoms with Crippen molar-refractivity contribution in [2.45, 2.75) is 50.6 Å². The van der Waals surface area contributed by atoms with Crippen molar-refractivity contribution in [2.24, 2.45) is 10.4 Å². The third-order valence-corrected chi connectivity index (χ3v) is 5.05. The van der Waals surface area contributed by atoms with Crippen molar-refractivity contribution in [3.05, 3.63) is 0 Å². The maximum Gasteiger partial charge on any atom is 0.365 e. The Kier molecular flexibility index (Phi) is 5.56. The number of aliphatic carboxylic acids is 2. The van der Waals surface area contributed by atoms with Crippen LogP contribution in [0.5, 0.6) is 0 Å². The van der Waals surface area contributed by atoms with Gasteiger partial charge in [0.25, 0.3) is 12.2 Å². The molecular weight excluding hydrogens is 352 g/mol. The minimum absolute atomic E-state index is 0.00395. The lowest BCUT2D eigenvalue weighted by atomic mass is 10.0. The Morgan fingerprint density at radius 2 is 1.08 bits per heavy atom. The Morgan fingerprint density at radius 3 is 1.35 bits per heavy atom. The molecule has 2 heterocycles. The fourth-order valence-electron chi connectivity index (χ4n) is 3.60. The van der Waals surface area contributed by atoms with E-state index in [0.29, 0.717) is 25.7 Å². The first-order chi connectivity index (χ1) is 12.2. The number of quaternary nitrogens is 2. The van der Waals surface area contributed by atoms with Gasteiger partial charge in [0.1, 0.15) is 13.1 Å². The topological polar surface area (TPSA) is 180 Å². The Labute approximate surface area is 148 Å². The summed E-state index contributed by atoms with van der Waals surface area (Å²) in [7, 11) is 0. The van der Waals surface area contributed by atoms with E-state index in [0.717, 1.165) is 0 Å². The SMILES string of the molecule is O=C(O)C1CCCC[N+]1(N=N[N+]1(C(=O)[O-])CCCCC1C(=O)O)C(=O)[O-]. The van der Waals surface area contributed by atoms with Crippen LogP contribution in [0.4, 0.5) is 9.59 Å². The molecule has 2 N–H and O–H groups in total. The molecular formula is C14H20N4O8. The van der Waals surface area contributed by atoms with E-state index in [1.807, 2.05) is 0 Å². The van der Waals surface area contributed by atoms with Crippen LogP contribution in [-0.4, -0.2) is 68.7 Å². The fourth-order valence-corrected chi connectivity index (χ4v) is 3.60. The van der Waals surface area contributed by atoms with Gasteiger partial charge in [0.05, 0.1) is 10.4 Å². The predicted octanol–water partition coefficient (Wildman–Crippen LogP) is -1.14. The maximum absolute atomic E-state index is 11.7. The molecule has 12 nitrogen and oxygen atoms in total. The van der Waals surface area contributed by atoms with Crippen molar-refractivity contribution in [2.75, 3.05) is 13.1 Å². The predicted molar refractivity (Wildman–Crippen MR) is 76.5 cm³/mol.